The van der Waals surface area contributed by atoms with Gasteiger partial charge in [0.25, 0.3) is 5.91 Å². The van der Waals surface area contributed by atoms with Gasteiger partial charge < -0.3 is 14.1 Å². The summed E-state index contributed by atoms with van der Waals surface area (Å²) in [6.45, 7) is 5.63. The molecule has 1 aromatic carbocycles. The monoisotopic (exact) mass is 466 g/mol. The van der Waals surface area contributed by atoms with E-state index in [1.54, 1.807) is 11.0 Å². The van der Waals surface area contributed by atoms with Crippen LogP contribution in [0.5, 0.6) is 0 Å². The standard InChI is InChI=1S/C25H24F2N4O3/c1-24(2)15-6-7-25(24,20-12-31(8-9-33-20)23(32)19-11-28-13-34-19)22-14(15)10-18(29-30-22)21-16(26)4-3-5-17(21)27/h3-5,10-11,13,15,20H,6-9,12H2,1-2H3/t15-,20+,25-/m0/s1. The third-order valence-corrected chi connectivity index (χ3v) is 8.23. The summed E-state index contributed by atoms with van der Waals surface area (Å²) in [5.41, 5.74) is 1.11. The first kappa shape index (κ1) is 21.3. The van der Waals surface area contributed by atoms with Gasteiger partial charge in [0.2, 0.25) is 5.76 Å². The summed E-state index contributed by atoms with van der Waals surface area (Å²) in [7, 11) is 0. The topological polar surface area (TPSA) is 81.4 Å². The Balaban J connectivity index is 1.40. The van der Waals surface area contributed by atoms with Gasteiger partial charge in [-0.2, -0.15) is 10.2 Å². The zero-order chi connectivity index (χ0) is 23.7. The van der Waals surface area contributed by atoms with E-state index in [0.717, 1.165) is 24.1 Å². The number of carbonyl (C=O) groups is 1. The highest BCUT2D eigenvalue weighted by Crippen LogP contribution is 2.69. The molecule has 1 amide bonds. The molecule has 1 saturated heterocycles. The number of benzene rings is 1. The maximum absolute atomic E-state index is 14.5. The van der Waals surface area contributed by atoms with Gasteiger partial charge in [0.05, 0.1) is 35.9 Å². The van der Waals surface area contributed by atoms with E-state index in [1.165, 1.54) is 30.8 Å². The number of nitrogens with zero attached hydrogens (tertiary/aromatic N) is 4. The number of aromatic nitrogens is 3. The predicted octanol–water partition coefficient (Wildman–Crippen LogP) is 4.11. The zero-order valence-corrected chi connectivity index (χ0v) is 18.9. The fourth-order valence-corrected chi connectivity index (χ4v) is 6.55. The van der Waals surface area contributed by atoms with Gasteiger partial charge in [0.1, 0.15) is 11.6 Å². The van der Waals surface area contributed by atoms with Crippen LogP contribution >= 0.6 is 0 Å². The van der Waals surface area contributed by atoms with Gasteiger partial charge in [0.15, 0.2) is 6.39 Å². The fraction of sp³-hybridized carbons (Fsp3) is 0.440. The molecule has 3 atom stereocenters. The fourth-order valence-electron chi connectivity index (χ4n) is 6.55. The molecule has 9 heteroatoms. The maximum atomic E-state index is 14.5. The number of oxazole rings is 1. The Hall–Kier alpha value is -3.20. The van der Waals surface area contributed by atoms with E-state index in [9.17, 15) is 13.6 Å². The lowest BCUT2D eigenvalue weighted by Crippen LogP contribution is -2.57. The molecule has 7 nitrogen and oxygen atoms in total. The lowest BCUT2D eigenvalue weighted by molar-refractivity contribution is -0.0845. The number of hydrogen-bond donors (Lipinski definition) is 0. The van der Waals surface area contributed by atoms with E-state index in [0.29, 0.717) is 19.7 Å². The Kier molecular flexibility index (Phi) is 4.64. The van der Waals surface area contributed by atoms with Crippen molar-refractivity contribution in [3.63, 3.8) is 0 Å². The Morgan fingerprint density at radius 3 is 2.74 bits per heavy atom. The summed E-state index contributed by atoms with van der Waals surface area (Å²) in [5, 5.41) is 8.84. The summed E-state index contributed by atoms with van der Waals surface area (Å²) < 4.78 is 40.4. The molecule has 2 bridgehead atoms. The number of morpholine rings is 1. The van der Waals surface area contributed by atoms with E-state index in [-0.39, 0.29) is 40.4 Å². The molecule has 0 spiro atoms. The number of halogens is 2. The summed E-state index contributed by atoms with van der Waals surface area (Å²) in [4.78, 5) is 18.5. The maximum Gasteiger partial charge on any atom is 0.291 e. The molecule has 0 N–H and O–H groups in total. The second-order valence-electron chi connectivity index (χ2n) is 9.89. The minimum absolute atomic E-state index is 0.149. The van der Waals surface area contributed by atoms with Crippen LogP contribution in [0.3, 0.4) is 0 Å². The van der Waals surface area contributed by atoms with Crippen molar-refractivity contribution >= 4 is 5.91 Å². The van der Waals surface area contributed by atoms with E-state index in [4.69, 9.17) is 9.15 Å². The molecule has 6 rings (SSSR count). The highest BCUT2D eigenvalue weighted by molar-refractivity contribution is 5.91. The molecule has 1 saturated carbocycles. The highest BCUT2D eigenvalue weighted by atomic mass is 19.1. The van der Waals surface area contributed by atoms with Gasteiger partial charge in [-0.3, -0.25) is 4.79 Å². The van der Waals surface area contributed by atoms with Crippen LogP contribution in [0.2, 0.25) is 0 Å². The molecule has 2 aromatic heterocycles. The molecule has 3 aliphatic rings. The molecule has 3 aromatic rings. The summed E-state index contributed by atoms with van der Waals surface area (Å²) in [6, 6.07) is 5.57. The molecule has 2 fully saturated rings. The minimum Gasteiger partial charge on any atom is -0.438 e. The molecule has 0 unspecified atom stereocenters. The zero-order valence-electron chi connectivity index (χ0n) is 18.9. The summed E-state index contributed by atoms with van der Waals surface area (Å²) >= 11 is 0. The van der Waals surface area contributed by atoms with Gasteiger partial charge >= 0.3 is 0 Å². The predicted molar refractivity (Wildman–Crippen MR) is 117 cm³/mol. The van der Waals surface area contributed by atoms with Crippen molar-refractivity contribution in [3.05, 3.63) is 65.5 Å². The van der Waals surface area contributed by atoms with Crippen molar-refractivity contribution in [1.29, 1.82) is 0 Å². The number of fused-ring (bicyclic) bond motifs is 5. The van der Waals surface area contributed by atoms with Gasteiger partial charge in [-0.25, -0.2) is 13.8 Å². The third kappa shape index (κ3) is 2.76. The van der Waals surface area contributed by atoms with E-state index in [1.807, 2.05) is 0 Å². The van der Waals surface area contributed by atoms with Crippen molar-refractivity contribution in [2.75, 3.05) is 19.7 Å². The molecule has 176 valence electrons. The smallest absolute Gasteiger partial charge is 0.291 e. The second-order valence-corrected chi connectivity index (χ2v) is 9.89. The Morgan fingerprint density at radius 1 is 1.21 bits per heavy atom. The van der Waals surface area contributed by atoms with E-state index in [2.05, 4.69) is 29.0 Å². The van der Waals surface area contributed by atoms with Crippen LogP contribution in [0.25, 0.3) is 11.3 Å². The van der Waals surface area contributed by atoms with Crippen molar-refractivity contribution in [1.82, 2.24) is 20.1 Å². The molecule has 2 aliphatic carbocycles. The first-order valence-corrected chi connectivity index (χ1v) is 11.5. The van der Waals surface area contributed by atoms with E-state index >= 15 is 0 Å². The van der Waals surface area contributed by atoms with Gasteiger partial charge in [-0.15, -0.1) is 0 Å². The average molecular weight is 466 g/mol. The normalized spacial score (nSPS) is 27.1. The van der Waals surface area contributed by atoms with Gasteiger partial charge in [-0.05, 0) is 47.9 Å². The molecule has 1 aliphatic heterocycles. The van der Waals surface area contributed by atoms with Crippen LogP contribution < -0.4 is 0 Å². The Labute approximate surface area is 195 Å². The minimum atomic E-state index is -0.663. The molecular weight excluding hydrogens is 442 g/mol. The van der Waals surface area contributed by atoms with Crippen LogP contribution in [-0.2, 0) is 10.2 Å². The lowest BCUT2D eigenvalue weighted by atomic mass is 9.64. The summed E-state index contributed by atoms with van der Waals surface area (Å²) in [6.07, 6.45) is 4.11. The SMILES string of the molecule is CC1(C)[C@H]2CC[C@]1([C@H]1CN(C(=O)c3cnco3)CCO1)c1nnc(-c3c(F)cccc3F)cc12. The first-order valence-electron chi connectivity index (χ1n) is 11.5. The number of ether oxygens (including phenoxy) is 1. The third-order valence-electron chi connectivity index (χ3n) is 8.23. The van der Waals surface area contributed by atoms with Crippen molar-refractivity contribution in [3.8, 4) is 11.3 Å². The van der Waals surface area contributed by atoms with Gasteiger partial charge in [0, 0.05) is 18.5 Å². The van der Waals surface area contributed by atoms with Crippen LogP contribution in [0.1, 0.15) is 54.4 Å². The lowest BCUT2D eigenvalue weighted by Gasteiger charge is -2.47. The Bertz CT molecular complexity index is 1260. The van der Waals surface area contributed by atoms with Crippen LogP contribution in [0.4, 0.5) is 8.78 Å². The molecule has 3 heterocycles. The van der Waals surface area contributed by atoms with Crippen molar-refractivity contribution in [2.24, 2.45) is 5.41 Å². The quantitative estimate of drug-likeness (QED) is 0.578. The van der Waals surface area contributed by atoms with Crippen LogP contribution in [0.15, 0.2) is 41.3 Å². The summed E-state index contributed by atoms with van der Waals surface area (Å²) in [5.74, 6) is -1.20. The van der Waals surface area contributed by atoms with Crippen LogP contribution in [0, 0.1) is 17.0 Å². The van der Waals surface area contributed by atoms with Crippen molar-refractivity contribution < 1.29 is 22.7 Å². The van der Waals surface area contributed by atoms with E-state index < -0.39 is 17.0 Å². The number of carbonyl (C=O) groups excluding carboxylic acids is 1. The van der Waals surface area contributed by atoms with Crippen molar-refractivity contribution in [2.45, 2.75) is 44.1 Å². The Morgan fingerprint density at radius 2 is 2.00 bits per heavy atom. The number of amides is 1. The highest BCUT2D eigenvalue weighted by Gasteiger charge is 2.67. The molecular formula is C25H24F2N4O3. The number of rotatable bonds is 3. The second kappa shape index (κ2) is 7.40. The largest absolute Gasteiger partial charge is 0.438 e. The average Bonchev–Trinajstić information content (AvgIpc) is 3.50. The number of hydrogen-bond acceptors (Lipinski definition) is 6. The van der Waals surface area contributed by atoms with Gasteiger partial charge in [-0.1, -0.05) is 19.9 Å². The molecule has 34 heavy (non-hydrogen) atoms. The van der Waals surface area contributed by atoms with Crippen LogP contribution in [-0.4, -0.2) is 51.8 Å². The first-order chi connectivity index (χ1) is 16.3. The molecule has 0 radical (unpaired) electrons.